The zero-order valence-corrected chi connectivity index (χ0v) is 18.6. The lowest BCUT2D eigenvalue weighted by Gasteiger charge is -2.57. The number of ether oxygens (including phenoxy) is 1. The molecule has 0 radical (unpaired) electrons. The summed E-state index contributed by atoms with van der Waals surface area (Å²) >= 11 is 0. The number of aliphatic hydroxyl groups excluding tert-OH is 1. The lowest BCUT2D eigenvalue weighted by molar-refractivity contribution is -0.227. The molecular formula is C24H39F3O3. The number of alkyl halides is 3. The third-order valence-electron chi connectivity index (χ3n) is 10.1. The van der Waals surface area contributed by atoms with Crippen molar-refractivity contribution >= 4 is 0 Å². The second kappa shape index (κ2) is 7.91. The van der Waals surface area contributed by atoms with Crippen molar-refractivity contribution in [2.75, 3.05) is 13.7 Å². The molecule has 174 valence electrons. The Kier molecular flexibility index (Phi) is 6.03. The molecule has 0 bridgehead atoms. The smallest absolute Gasteiger partial charge is 0.387 e. The molecule has 6 heteroatoms. The van der Waals surface area contributed by atoms with Gasteiger partial charge in [0.1, 0.15) is 0 Å². The van der Waals surface area contributed by atoms with Crippen LogP contribution in [0.5, 0.6) is 0 Å². The molecule has 0 aliphatic heterocycles. The molecule has 0 spiro atoms. The van der Waals surface area contributed by atoms with Crippen LogP contribution in [0.3, 0.4) is 0 Å². The van der Waals surface area contributed by atoms with Crippen LogP contribution in [0.4, 0.5) is 13.2 Å². The highest BCUT2D eigenvalue weighted by atomic mass is 19.4. The first-order chi connectivity index (χ1) is 14.0. The lowest BCUT2D eigenvalue weighted by Crippen LogP contribution is -2.52. The van der Waals surface area contributed by atoms with E-state index < -0.39 is 23.8 Å². The Morgan fingerprint density at radius 3 is 2.37 bits per heavy atom. The average molecular weight is 433 g/mol. The zero-order valence-electron chi connectivity index (χ0n) is 18.6. The SMILES string of the molecule is COC[C@]1(O)CC[C@H]2[C@H](CC[C@@H]3[C@@H]2CC[C@]2(C)[C@@H](C(C)C(O)C(F)(F)F)CC[C@@H]32)C1. The molecular weight excluding hydrogens is 393 g/mol. The van der Waals surface area contributed by atoms with Crippen molar-refractivity contribution in [3.05, 3.63) is 0 Å². The molecule has 4 saturated carbocycles. The number of hydrogen-bond acceptors (Lipinski definition) is 3. The molecule has 4 rings (SSSR count). The van der Waals surface area contributed by atoms with E-state index in [-0.39, 0.29) is 11.3 Å². The molecule has 0 heterocycles. The Bertz CT molecular complexity index is 625. The van der Waals surface area contributed by atoms with Gasteiger partial charge in [-0.25, -0.2) is 0 Å². The summed E-state index contributed by atoms with van der Waals surface area (Å²) < 4.78 is 44.9. The van der Waals surface area contributed by atoms with Gasteiger partial charge in [-0.15, -0.1) is 0 Å². The van der Waals surface area contributed by atoms with E-state index in [9.17, 15) is 23.4 Å². The maximum atomic E-state index is 13.2. The van der Waals surface area contributed by atoms with Crippen LogP contribution in [0.15, 0.2) is 0 Å². The highest BCUT2D eigenvalue weighted by molar-refractivity contribution is 5.08. The monoisotopic (exact) mass is 432 g/mol. The third-order valence-corrected chi connectivity index (χ3v) is 10.1. The topological polar surface area (TPSA) is 49.7 Å². The predicted molar refractivity (Wildman–Crippen MR) is 109 cm³/mol. The van der Waals surface area contributed by atoms with E-state index >= 15 is 0 Å². The number of halogens is 3. The van der Waals surface area contributed by atoms with Gasteiger partial charge in [-0.2, -0.15) is 13.2 Å². The summed E-state index contributed by atoms with van der Waals surface area (Å²) in [5.74, 6) is 2.11. The molecule has 2 N–H and O–H groups in total. The summed E-state index contributed by atoms with van der Waals surface area (Å²) in [5.41, 5.74) is -0.779. The lowest BCUT2D eigenvalue weighted by atomic mass is 9.48. The number of fused-ring (bicyclic) bond motifs is 5. The van der Waals surface area contributed by atoms with Gasteiger partial charge in [0.15, 0.2) is 6.10 Å². The Labute approximate surface area is 178 Å². The van der Waals surface area contributed by atoms with Crippen molar-refractivity contribution in [2.24, 2.45) is 46.8 Å². The Balaban J connectivity index is 1.48. The van der Waals surface area contributed by atoms with Crippen LogP contribution in [0, 0.1) is 46.8 Å². The molecule has 0 aromatic heterocycles. The van der Waals surface area contributed by atoms with Crippen molar-refractivity contribution in [1.82, 2.24) is 0 Å². The van der Waals surface area contributed by atoms with Gasteiger partial charge >= 0.3 is 6.18 Å². The second-order valence-electron chi connectivity index (χ2n) is 11.4. The number of hydrogen-bond donors (Lipinski definition) is 2. The van der Waals surface area contributed by atoms with Gasteiger partial charge in [0.25, 0.3) is 0 Å². The number of aliphatic hydroxyl groups is 2. The van der Waals surface area contributed by atoms with Crippen LogP contribution < -0.4 is 0 Å². The fourth-order valence-electron chi connectivity index (χ4n) is 8.78. The van der Waals surface area contributed by atoms with Crippen molar-refractivity contribution in [3.8, 4) is 0 Å². The minimum Gasteiger partial charge on any atom is -0.387 e. The highest BCUT2D eigenvalue weighted by Crippen LogP contribution is 2.66. The van der Waals surface area contributed by atoms with Gasteiger partial charge in [0, 0.05) is 7.11 Å². The molecule has 10 atom stereocenters. The minimum atomic E-state index is -4.54. The first kappa shape index (κ1) is 22.8. The van der Waals surface area contributed by atoms with Gasteiger partial charge < -0.3 is 14.9 Å². The molecule has 4 aliphatic carbocycles. The maximum Gasteiger partial charge on any atom is 0.414 e. The predicted octanol–water partition coefficient (Wildman–Crippen LogP) is 5.19. The summed E-state index contributed by atoms with van der Waals surface area (Å²) in [7, 11) is 1.65. The number of methoxy groups -OCH3 is 1. The standard InChI is InChI=1S/C24H39F3O3/c1-14(21(28)24(25,26)27)19-6-7-20-18-5-4-15-12-23(29,13-30-3)11-9-16(15)17(18)8-10-22(19,20)2/h14-21,28-29H,4-13H2,1-3H3/t14?,15-,16+,17-,18-,19-,20+,21?,22-,23+/m1/s1. The van der Waals surface area contributed by atoms with Crippen molar-refractivity contribution in [2.45, 2.75) is 89.5 Å². The molecule has 0 aromatic rings. The van der Waals surface area contributed by atoms with E-state index in [1.807, 2.05) is 0 Å². The average Bonchev–Trinajstić information content (AvgIpc) is 3.03. The molecule has 2 unspecified atom stereocenters. The first-order valence-corrected chi connectivity index (χ1v) is 12.0. The van der Waals surface area contributed by atoms with Crippen LogP contribution >= 0.6 is 0 Å². The number of rotatable bonds is 4. The fourth-order valence-corrected chi connectivity index (χ4v) is 8.78. The molecule has 30 heavy (non-hydrogen) atoms. The Morgan fingerprint density at radius 2 is 1.70 bits per heavy atom. The fraction of sp³-hybridized carbons (Fsp3) is 1.00. The van der Waals surface area contributed by atoms with E-state index in [0.29, 0.717) is 36.2 Å². The molecule has 0 amide bonds. The van der Waals surface area contributed by atoms with Crippen LogP contribution in [0.1, 0.15) is 71.6 Å². The van der Waals surface area contributed by atoms with Crippen LogP contribution in [0.25, 0.3) is 0 Å². The summed E-state index contributed by atoms with van der Waals surface area (Å²) in [4.78, 5) is 0. The van der Waals surface area contributed by atoms with Crippen molar-refractivity contribution < 1.29 is 28.1 Å². The Hall–Kier alpha value is -0.330. The van der Waals surface area contributed by atoms with Crippen LogP contribution in [-0.4, -0.2) is 41.8 Å². The van der Waals surface area contributed by atoms with Crippen LogP contribution in [0.2, 0.25) is 0 Å². The van der Waals surface area contributed by atoms with E-state index in [2.05, 4.69) is 6.92 Å². The summed E-state index contributed by atoms with van der Waals surface area (Å²) in [6.45, 7) is 4.23. The van der Waals surface area contributed by atoms with Gasteiger partial charge in [-0.05, 0) is 105 Å². The van der Waals surface area contributed by atoms with Gasteiger partial charge in [0.2, 0.25) is 0 Å². The second-order valence-corrected chi connectivity index (χ2v) is 11.4. The maximum absolute atomic E-state index is 13.2. The van der Waals surface area contributed by atoms with Gasteiger partial charge in [-0.1, -0.05) is 13.8 Å². The van der Waals surface area contributed by atoms with E-state index in [1.165, 1.54) is 0 Å². The molecule has 0 aromatic carbocycles. The molecule has 4 fully saturated rings. The van der Waals surface area contributed by atoms with E-state index in [4.69, 9.17) is 4.74 Å². The van der Waals surface area contributed by atoms with Gasteiger partial charge in [-0.3, -0.25) is 0 Å². The zero-order chi connectivity index (χ0) is 21.9. The van der Waals surface area contributed by atoms with Gasteiger partial charge in [0.05, 0.1) is 12.2 Å². The summed E-state index contributed by atoms with van der Waals surface area (Å²) in [6.07, 6.45) is 2.04. The van der Waals surface area contributed by atoms with Crippen molar-refractivity contribution in [1.29, 1.82) is 0 Å². The summed E-state index contributed by atoms with van der Waals surface area (Å²) in [6, 6.07) is 0. The normalized spacial score (nSPS) is 48.4. The molecule has 0 saturated heterocycles. The van der Waals surface area contributed by atoms with E-state index in [0.717, 1.165) is 57.8 Å². The Morgan fingerprint density at radius 1 is 1.00 bits per heavy atom. The first-order valence-electron chi connectivity index (χ1n) is 12.0. The summed E-state index contributed by atoms with van der Waals surface area (Å²) in [5, 5.41) is 20.8. The highest BCUT2D eigenvalue weighted by Gasteiger charge is 2.60. The molecule has 4 aliphatic rings. The molecule has 3 nitrogen and oxygen atoms in total. The van der Waals surface area contributed by atoms with Crippen molar-refractivity contribution in [3.63, 3.8) is 0 Å². The largest absolute Gasteiger partial charge is 0.414 e. The minimum absolute atomic E-state index is 0.0593. The van der Waals surface area contributed by atoms with Crippen LogP contribution in [-0.2, 0) is 4.74 Å². The quantitative estimate of drug-likeness (QED) is 0.643. The third kappa shape index (κ3) is 3.73. The van der Waals surface area contributed by atoms with E-state index in [1.54, 1.807) is 14.0 Å².